The summed E-state index contributed by atoms with van der Waals surface area (Å²) in [6.07, 6.45) is -2.75. The third-order valence-electron chi connectivity index (χ3n) is 3.23. The molecule has 33 heteroatoms. The summed E-state index contributed by atoms with van der Waals surface area (Å²) in [5, 5.41) is 34.9. The molecule has 320 valence electrons. The molecule has 0 saturated carbocycles. The van der Waals surface area contributed by atoms with E-state index in [1.165, 1.54) is 11.9 Å². The van der Waals surface area contributed by atoms with Crippen LogP contribution >= 0.6 is 38.0 Å². The minimum atomic E-state index is -4.44. The summed E-state index contributed by atoms with van der Waals surface area (Å²) in [5.41, 5.74) is 4.54. The van der Waals surface area contributed by atoms with E-state index >= 15 is 0 Å². The SMILES string of the molecule is C.C.C.CN(C)CP(=O)(O)O.CN(CC(=O)O)CP(=O)(O)O.NCP(=O)(O)O.O=C(O)CN(CC(=O)O)CP(=O)(O)O.O=C(O)CNCP(=O)(O)O. The van der Waals surface area contributed by atoms with Gasteiger partial charge in [0.1, 0.15) is 18.9 Å². The number of hydrogen-bond donors (Lipinski definition) is 16. The van der Waals surface area contributed by atoms with Crippen LogP contribution in [-0.2, 0) is 42.0 Å². The van der Waals surface area contributed by atoms with Crippen molar-refractivity contribution in [1.29, 1.82) is 0 Å². The maximum atomic E-state index is 10.5. The minimum absolute atomic E-state index is 0. The van der Waals surface area contributed by atoms with Gasteiger partial charge in [0, 0.05) is 0 Å². The van der Waals surface area contributed by atoms with E-state index in [0.29, 0.717) is 4.90 Å². The lowest BCUT2D eigenvalue weighted by molar-refractivity contribution is -0.142. The molecule has 0 aromatic heterocycles. The zero-order chi connectivity index (χ0) is 40.6. The minimum Gasteiger partial charge on any atom is -0.480 e. The molecule has 0 heterocycles. The van der Waals surface area contributed by atoms with Crippen LogP contribution in [0.15, 0.2) is 0 Å². The normalized spacial score (nSPS) is 11.2. The molecule has 0 aromatic carbocycles. The Morgan fingerprint density at radius 1 is 0.519 bits per heavy atom. The predicted octanol–water partition coefficient (Wildman–Crippen LogP) is -2.80. The molecule has 0 bridgehead atoms. The molecule has 0 fully saturated rings. The Hall–Kier alpha value is -1.57. The second-order valence-electron chi connectivity index (χ2n) is 9.17. The molecule has 0 rings (SSSR count). The molecule has 0 aliphatic rings. The molecule has 52 heavy (non-hydrogen) atoms. The van der Waals surface area contributed by atoms with Crippen molar-refractivity contribution in [1.82, 2.24) is 20.0 Å². The number of nitrogens with one attached hydrogen (secondary N) is 1. The van der Waals surface area contributed by atoms with E-state index in [0.717, 1.165) is 4.90 Å². The van der Waals surface area contributed by atoms with E-state index in [9.17, 15) is 42.0 Å². The molecule has 0 saturated heterocycles. The van der Waals surface area contributed by atoms with E-state index in [1.807, 2.05) is 0 Å². The molecule has 0 aliphatic carbocycles. The second kappa shape index (κ2) is 32.8. The average molecular weight is 878 g/mol. The van der Waals surface area contributed by atoms with E-state index in [-0.39, 0.29) is 35.1 Å². The second-order valence-corrected chi connectivity index (χ2v) is 17.3. The molecule has 0 atom stereocenters. The highest BCUT2D eigenvalue weighted by Crippen LogP contribution is 2.35. The summed E-state index contributed by atoms with van der Waals surface area (Å²) in [4.78, 5) is 126. The molecule has 0 aliphatic heterocycles. The van der Waals surface area contributed by atoms with Gasteiger partial charge < -0.3 is 75.1 Å². The largest absolute Gasteiger partial charge is 0.480 e. The molecular formula is C19H56N5O23P5. The van der Waals surface area contributed by atoms with E-state index < -0.39 is 107 Å². The van der Waals surface area contributed by atoms with Gasteiger partial charge in [-0.05, 0) is 21.1 Å². The average Bonchev–Trinajstić information content (AvgIpc) is 2.73. The van der Waals surface area contributed by atoms with Gasteiger partial charge in [-0.2, -0.15) is 0 Å². The van der Waals surface area contributed by atoms with Crippen LogP contribution in [0, 0.1) is 0 Å². The lowest BCUT2D eigenvalue weighted by atomic mass is 10.5. The number of carboxylic acids is 4. The van der Waals surface area contributed by atoms with Crippen LogP contribution in [-0.4, -0.2) is 187 Å². The molecule has 17 N–H and O–H groups in total. The van der Waals surface area contributed by atoms with Crippen molar-refractivity contribution >= 4 is 61.9 Å². The van der Waals surface area contributed by atoms with Gasteiger partial charge in [0.05, 0.1) is 38.8 Å². The standard InChI is InChI=1S/C5H10NO7P.C4H10NO5P.C3H8NO5P.C3H10NO3P.CH6NO3P.3CH4/c7-4(8)1-6(2-5(9)10)3-14(11,12)13;1-5(2-4(6)7)3-11(8,9)10;5-3(6)1-4-2-10(7,8)9;1-4(2)3-8(5,6)7;2-1-6(3,4)5;;;/h1-3H2,(H,7,8)(H,9,10)(H2,11,12,13);2-3H2,1H3,(H,6,7)(H2,8,9,10);4H,1-2H2,(H,5,6)(H2,7,8,9);3H2,1-2H3,(H2,5,6,7);1-2H2,(H2,3,4,5);3*1H4. The van der Waals surface area contributed by atoms with Crippen LogP contribution in [0.3, 0.4) is 0 Å². The van der Waals surface area contributed by atoms with E-state index in [4.69, 9.17) is 69.4 Å². The summed E-state index contributed by atoms with van der Waals surface area (Å²) >= 11 is 0. The van der Waals surface area contributed by atoms with E-state index in [2.05, 4.69) is 11.1 Å². The number of nitrogens with zero attached hydrogens (tertiary/aromatic N) is 3. The molecular weight excluding hydrogens is 821 g/mol. The van der Waals surface area contributed by atoms with Gasteiger partial charge in [0.15, 0.2) is 0 Å². The van der Waals surface area contributed by atoms with Crippen LogP contribution in [0.5, 0.6) is 0 Å². The van der Waals surface area contributed by atoms with Crippen molar-refractivity contribution in [3.63, 3.8) is 0 Å². The zero-order valence-electron chi connectivity index (χ0n) is 26.0. The highest BCUT2D eigenvalue weighted by molar-refractivity contribution is 7.52. The first-order chi connectivity index (χ1) is 21.4. The van der Waals surface area contributed by atoms with Gasteiger partial charge in [-0.25, -0.2) is 0 Å². The smallest absolute Gasteiger partial charge is 0.339 e. The molecule has 0 amide bonds. The lowest BCUT2D eigenvalue weighted by Crippen LogP contribution is -2.35. The molecule has 28 nitrogen and oxygen atoms in total. The van der Waals surface area contributed by atoms with Crippen LogP contribution in [0.4, 0.5) is 0 Å². The first-order valence-corrected chi connectivity index (χ1v) is 21.0. The number of aliphatic carboxylic acids is 4. The summed E-state index contributed by atoms with van der Waals surface area (Å²) in [5.74, 6) is -4.95. The third kappa shape index (κ3) is 86.8. The van der Waals surface area contributed by atoms with Gasteiger partial charge in [0.2, 0.25) is 0 Å². The fourth-order valence-electron chi connectivity index (χ4n) is 2.07. The monoisotopic (exact) mass is 877 g/mol. The van der Waals surface area contributed by atoms with Gasteiger partial charge in [-0.1, -0.05) is 22.3 Å². The van der Waals surface area contributed by atoms with Gasteiger partial charge in [0.25, 0.3) is 0 Å². The molecule has 0 unspecified atom stereocenters. The van der Waals surface area contributed by atoms with Crippen molar-refractivity contribution in [2.75, 3.05) is 78.8 Å². The van der Waals surface area contributed by atoms with Gasteiger partial charge in [-0.3, -0.25) is 62.0 Å². The van der Waals surface area contributed by atoms with Crippen molar-refractivity contribution in [2.24, 2.45) is 5.73 Å². The highest BCUT2D eigenvalue weighted by Gasteiger charge is 2.23. The number of nitrogens with two attached hydrogens (primary N) is 1. The first-order valence-electron chi connectivity index (χ1n) is 12.0. The van der Waals surface area contributed by atoms with Gasteiger partial charge in [-0.15, -0.1) is 0 Å². The fraction of sp³-hybridized carbons (Fsp3) is 0.789. The molecule has 0 spiro atoms. The highest BCUT2D eigenvalue weighted by atomic mass is 31.2. The Morgan fingerprint density at radius 2 is 0.827 bits per heavy atom. The maximum absolute atomic E-state index is 10.5. The molecule has 0 radical (unpaired) electrons. The van der Waals surface area contributed by atoms with Crippen molar-refractivity contribution in [3.8, 4) is 0 Å². The third-order valence-corrected chi connectivity index (χ3v) is 6.90. The Kier molecular flexibility index (Phi) is 43.2. The quantitative estimate of drug-likeness (QED) is 0.0656. The Morgan fingerprint density at radius 3 is 1.00 bits per heavy atom. The topological polar surface area (TPSA) is 485 Å². The summed E-state index contributed by atoms with van der Waals surface area (Å²) in [7, 11) is -15.8. The zero-order valence-corrected chi connectivity index (χ0v) is 30.4. The Balaban J connectivity index is -0.0000000783. The number of likely N-dealkylation sites (N-methyl/N-ethyl adjacent to an activating group) is 1. The van der Waals surface area contributed by atoms with E-state index in [1.54, 1.807) is 14.1 Å². The number of carboxylic acid groups (broad SMARTS) is 4. The van der Waals surface area contributed by atoms with Crippen LogP contribution in [0.1, 0.15) is 22.3 Å². The van der Waals surface area contributed by atoms with Crippen LogP contribution < -0.4 is 11.1 Å². The van der Waals surface area contributed by atoms with Gasteiger partial charge >= 0.3 is 61.9 Å². The summed E-state index contributed by atoms with van der Waals surface area (Å²) in [6, 6.07) is 0. The first kappa shape index (κ1) is 68.4. The van der Waals surface area contributed by atoms with Crippen LogP contribution in [0.25, 0.3) is 0 Å². The van der Waals surface area contributed by atoms with Crippen molar-refractivity contribution in [3.05, 3.63) is 0 Å². The predicted molar refractivity (Wildman–Crippen MR) is 185 cm³/mol. The van der Waals surface area contributed by atoms with Crippen molar-refractivity contribution < 1.29 is 111 Å². The number of hydrogen-bond acceptors (Lipinski definition) is 14. The lowest BCUT2D eigenvalue weighted by Gasteiger charge is -2.17. The maximum Gasteiger partial charge on any atom is 0.339 e. The Labute approximate surface area is 300 Å². The molecule has 0 aromatic rings. The Bertz CT molecular complexity index is 1210. The summed E-state index contributed by atoms with van der Waals surface area (Å²) in [6.45, 7) is -2.26. The van der Waals surface area contributed by atoms with Crippen molar-refractivity contribution in [2.45, 2.75) is 22.3 Å². The number of carbonyl (C=O) groups is 4. The fourth-order valence-corrected chi connectivity index (χ4v) is 4.66. The summed E-state index contributed by atoms with van der Waals surface area (Å²) < 4.78 is 50.5. The van der Waals surface area contributed by atoms with Crippen LogP contribution in [0.2, 0.25) is 0 Å². The number of rotatable bonds is 17.